The van der Waals surface area contributed by atoms with Gasteiger partial charge in [-0.15, -0.1) is 0 Å². The fourth-order valence-corrected chi connectivity index (χ4v) is 6.15. The summed E-state index contributed by atoms with van der Waals surface area (Å²) in [4.78, 5) is 24.8. The molecule has 0 unspecified atom stereocenters. The van der Waals surface area contributed by atoms with E-state index in [0.29, 0.717) is 29.8 Å². The minimum absolute atomic E-state index is 0.297. The quantitative estimate of drug-likeness (QED) is 0.633. The molecule has 0 amide bonds. The molecule has 4 nitrogen and oxygen atoms in total. The van der Waals surface area contributed by atoms with Crippen molar-refractivity contribution in [1.29, 1.82) is 0 Å². The highest BCUT2D eigenvalue weighted by Crippen LogP contribution is 2.61. The molecule has 0 aromatic heterocycles. The van der Waals surface area contributed by atoms with Crippen LogP contribution >= 0.6 is 0 Å². The van der Waals surface area contributed by atoms with Crippen LogP contribution in [0.4, 0.5) is 0 Å². The molecule has 1 aromatic carbocycles. The standard InChI is InChI=1S/C23H30O4/c1-2-8-26-21(24)19-5-3-4-6-20(19)22(25)27-9-7-23-13-16-10-17(14-23)12-18(11-16)15-23/h3-6,16-18H,2,7-15H2,1H3. The van der Waals surface area contributed by atoms with E-state index >= 15 is 0 Å². The van der Waals surface area contributed by atoms with E-state index in [4.69, 9.17) is 9.47 Å². The molecule has 4 fully saturated rings. The van der Waals surface area contributed by atoms with E-state index in [1.165, 1.54) is 38.5 Å². The van der Waals surface area contributed by atoms with Gasteiger partial charge in [-0.05, 0) is 86.7 Å². The van der Waals surface area contributed by atoms with Gasteiger partial charge in [0, 0.05) is 0 Å². The predicted molar refractivity (Wildman–Crippen MR) is 103 cm³/mol. The van der Waals surface area contributed by atoms with E-state index in [9.17, 15) is 9.59 Å². The molecule has 4 aliphatic carbocycles. The van der Waals surface area contributed by atoms with Gasteiger partial charge in [0.15, 0.2) is 0 Å². The monoisotopic (exact) mass is 370 g/mol. The molecule has 0 N–H and O–H groups in total. The van der Waals surface area contributed by atoms with Gasteiger partial charge in [-0.2, -0.15) is 0 Å². The predicted octanol–water partition coefficient (Wildman–Crippen LogP) is 5.02. The third kappa shape index (κ3) is 3.90. The zero-order valence-electron chi connectivity index (χ0n) is 16.2. The molecule has 146 valence electrons. The van der Waals surface area contributed by atoms with Gasteiger partial charge in [0.1, 0.15) is 0 Å². The Bertz CT molecular complexity index is 673. The van der Waals surface area contributed by atoms with Gasteiger partial charge in [-0.3, -0.25) is 0 Å². The van der Waals surface area contributed by atoms with Gasteiger partial charge < -0.3 is 9.47 Å². The van der Waals surface area contributed by atoms with Gasteiger partial charge >= 0.3 is 11.9 Å². The number of hydrogen-bond donors (Lipinski definition) is 0. The first kappa shape index (κ1) is 18.5. The molecule has 0 heterocycles. The first-order chi connectivity index (χ1) is 13.1. The number of ether oxygens (including phenoxy) is 2. The smallest absolute Gasteiger partial charge is 0.339 e. The SMILES string of the molecule is CCCOC(=O)c1ccccc1C(=O)OCCC12CC3CC(CC(C3)C1)C2. The molecule has 4 saturated carbocycles. The zero-order chi connectivity index (χ0) is 18.9. The van der Waals surface area contributed by atoms with Crippen LogP contribution in [0.2, 0.25) is 0 Å². The molecule has 0 atom stereocenters. The Morgan fingerprint density at radius 3 is 1.85 bits per heavy atom. The van der Waals surface area contributed by atoms with E-state index in [1.54, 1.807) is 24.3 Å². The molecule has 4 bridgehead atoms. The topological polar surface area (TPSA) is 52.6 Å². The molecule has 4 heteroatoms. The minimum atomic E-state index is -0.453. The summed E-state index contributed by atoms with van der Waals surface area (Å²) < 4.78 is 10.8. The summed E-state index contributed by atoms with van der Waals surface area (Å²) in [5, 5.41) is 0. The van der Waals surface area contributed by atoms with Gasteiger partial charge in [0.05, 0.1) is 24.3 Å². The van der Waals surface area contributed by atoms with Gasteiger partial charge in [0.25, 0.3) is 0 Å². The van der Waals surface area contributed by atoms with Crippen molar-refractivity contribution in [3.63, 3.8) is 0 Å². The van der Waals surface area contributed by atoms with Gasteiger partial charge in [-0.25, -0.2) is 9.59 Å². The lowest BCUT2D eigenvalue weighted by Crippen LogP contribution is -2.46. The number of esters is 2. The van der Waals surface area contributed by atoms with Crippen LogP contribution in [0.3, 0.4) is 0 Å². The molecule has 1 aromatic rings. The lowest BCUT2D eigenvalue weighted by molar-refractivity contribution is -0.0653. The van der Waals surface area contributed by atoms with Crippen LogP contribution in [-0.2, 0) is 9.47 Å². The Labute approximate surface area is 161 Å². The Morgan fingerprint density at radius 2 is 1.37 bits per heavy atom. The summed E-state index contributed by atoms with van der Waals surface area (Å²) in [6, 6.07) is 6.78. The van der Waals surface area contributed by atoms with E-state index < -0.39 is 11.9 Å². The maximum absolute atomic E-state index is 12.6. The highest BCUT2D eigenvalue weighted by Gasteiger charge is 2.50. The third-order valence-electron chi connectivity index (χ3n) is 6.83. The number of rotatable bonds is 7. The Hall–Kier alpha value is -1.84. The maximum atomic E-state index is 12.6. The molecule has 4 aliphatic rings. The van der Waals surface area contributed by atoms with Crippen molar-refractivity contribution < 1.29 is 19.1 Å². The van der Waals surface area contributed by atoms with Crippen LogP contribution in [0.1, 0.15) is 79.0 Å². The van der Waals surface area contributed by atoms with Crippen molar-refractivity contribution in [3.05, 3.63) is 35.4 Å². The summed E-state index contributed by atoms with van der Waals surface area (Å²) in [6.07, 6.45) is 9.93. The Morgan fingerprint density at radius 1 is 0.889 bits per heavy atom. The van der Waals surface area contributed by atoms with Crippen LogP contribution in [0, 0.1) is 23.2 Å². The van der Waals surface area contributed by atoms with E-state index in [2.05, 4.69) is 0 Å². The van der Waals surface area contributed by atoms with E-state index in [-0.39, 0.29) is 0 Å². The highest BCUT2D eigenvalue weighted by atomic mass is 16.5. The third-order valence-corrected chi connectivity index (χ3v) is 6.83. The fourth-order valence-electron chi connectivity index (χ4n) is 6.15. The first-order valence-corrected chi connectivity index (χ1v) is 10.5. The fraction of sp³-hybridized carbons (Fsp3) is 0.652. The number of hydrogen-bond acceptors (Lipinski definition) is 4. The lowest BCUT2D eigenvalue weighted by Gasteiger charge is -2.57. The highest BCUT2D eigenvalue weighted by molar-refractivity contribution is 6.03. The summed E-state index contributed by atoms with van der Waals surface area (Å²) in [5.41, 5.74) is 1.00. The average Bonchev–Trinajstić information content (AvgIpc) is 2.64. The van der Waals surface area contributed by atoms with Crippen LogP contribution < -0.4 is 0 Å². The molecule has 27 heavy (non-hydrogen) atoms. The molecule has 0 saturated heterocycles. The van der Waals surface area contributed by atoms with E-state index in [0.717, 1.165) is 30.6 Å². The number of carbonyl (C=O) groups excluding carboxylic acids is 2. The zero-order valence-corrected chi connectivity index (χ0v) is 16.2. The second-order valence-corrected chi connectivity index (χ2v) is 8.98. The first-order valence-electron chi connectivity index (χ1n) is 10.5. The Kier molecular flexibility index (Phi) is 5.25. The van der Waals surface area contributed by atoms with Crippen molar-refractivity contribution in [1.82, 2.24) is 0 Å². The summed E-state index contributed by atoms with van der Waals surface area (Å²) >= 11 is 0. The van der Waals surface area contributed by atoms with Gasteiger partial charge in [-0.1, -0.05) is 19.1 Å². The van der Waals surface area contributed by atoms with Crippen molar-refractivity contribution >= 4 is 11.9 Å². The molecule has 0 radical (unpaired) electrons. The molecule has 5 rings (SSSR count). The van der Waals surface area contributed by atoms with Crippen molar-refractivity contribution in [3.8, 4) is 0 Å². The summed E-state index contributed by atoms with van der Waals surface area (Å²) in [5.74, 6) is 1.84. The second-order valence-electron chi connectivity index (χ2n) is 8.98. The molecule has 0 spiro atoms. The van der Waals surface area contributed by atoms with Crippen LogP contribution in [0.25, 0.3) is 0 Å². The lowest BCUT2D eigenvalue weighted by atomic mass is 9.49. The van der Waals surface area contributed by atoms with Gasteiger partial charge in [0.2, 0.25) is 0 Å². The number of carbonyl (C=O) groups is 2. The summed E-state index contributed by atoms with van der Waals surface area (Å²) in [7, 11) is 0. The Balaban J connectivity index is 1.36. The molecule has 0 aliphatic heterocycles. The van der Waals surface area contributed by atoms with Crippen molar-refractivity contribution in [2.45, 2.75) is 58.3 Å². The average molecular weight is 370 g/mol. The van der Waals surface area contributed by atoms with Crippen molar-refractivity contribution in [2.24, 2.45) is 23.2 Å². The second kappa shape index (κ2) is 7.65. The number of benzene rings is 1. The van der Waals surface area contributed by atoms with E-state index in [1.807, 2.05) is 6.92 Å². The maximum Gasteiger partial charge on any atom is 0.339 e. The largest absolute Gasteiger partial charge is 0.462 e. The molecular weight excluding hydrogens is 340 g/mol. The minimum Gasteiger partial charge on any atom is -0.462 e. The summed E-state index contributed by atoms with van der Waals surface area (Å²) in [6.45, 7) is 2.75. The molecular formula is C23H30O4. The van der Waals surface area contributed by atoms with Crippen LogP contribution in [-0.4, -0.2) is 25.2 Å². The van der Waals surface area contributed by atoms with Crippen LogP contribution in [0.15, 0.2) is 24.3 Å². The normalized spacial score (nSPS) is 30.9. The van der Waals surface area contributed by atoms with Crippen molar-refractivity contribution in [2.75, 3.05) is 13.2 Å². The van der Waals surface area contributed by atoms with Crippen LogP contribution in [0.5, 0.6) is 0 Å².